The number of aromatic amines is 1. The third-order valence-corrected chi connectivity index (χ3v) is 2.83. The summed E-state index contributed by atoms with van der Waals surface area (Å²) in [5, 5.41) is 0. The van der Waals surface area contributed by atoms with Gasteiger partial charge in [-0.15, -0.1) is 0 Å². The fourth-order valence-corrected chi connectivity index (χ4v) is 1.98. The van der Waals surface area contributed by atoms with E-state index in [4.69, 9.17) is 0 Å². The standard InChI is InChI=1S/C14H14N2O3/c1-8-4-9(2)6-11(5-8)13(18)16-12(17)10(3)7-15-14(16)19/h4-7H,1-3H3,(H,15,19). The summed E-state index contributed by atoms with van der Waals surface area (Å²) in [6.45, 7) is 5.25. The first-order chi connectivity index (χ1) is 8.90. The molecule has 98 valence electrons. The minimum atomic E-state index is -0.722. The maximum absolute atomic E-state index is 12.3. The minimum Gasteiger partial charge on any atom is -0.313 e. The molecule has 1 aromatic heterocycles. The van der Waals surface area contributed by atoms with Crippen molar-refractivity contribution in [3.8, 4) is 0 Å². The van der Waals surface area contributed by atoms with Crippen molar-refractivity contribution in [2.45, 2.75) is 20.8 Å². The van der Waals surface area contributed by atoms with Gasteiger partial charge in [-0.1, -0.05) is 17.2 Å². The number of nitrogens with one attached hydrogen (secondary N) is 1. The molecule has 5 nitrogen and oxygen atoms in total. The highest BCUT2D eigenvalue weighted by Crippen LogP contribution is 2.09. The zero-order chi connectivity index (χ0) is 14.2. The second-order valence-electron chi connectivity index (χ2n) is 4.60. The Kier molecular flexibility index (Phi) is 3.21. The van der Waals surface area contributed by atoms with Crippen LogP contribution in [-0.2, 0) is 0 Å². The smallest absolute Gasteiger partial charge is 0.313 e. The highest BCUT2D eigenvalue weighted by Gasteiger charge is 2.15. The number of rotatable bonds is 1. The molecule has 19 heavy (non-hydrogen) atoms. The summed E-state index contributed by atoms with van der Waals surface area (Å²) >= 11 is 0. The molecule has 0 spiro atoms. The molecule has 0 aliphatic rings. The molecule has 5 heteroatoms. The molecule has 0 aliphatic heterocycles. The van der Waals surface area contributed by atoms with Crippen LogP contribution in [0.25, 0.3) is 0 Å². The maximum Gasteiger partial charge on any atom is 0.335 e. The van der Waals surface area contributed by atoms with Crippen molar-refractivity contribution in [3.63, 3.8) is 0 Å². The Morgan fingerprint density at radius 2 is 1.63 bits per heavy atom. The number of H-pyrrole nitrogens is 1. The van der Waals surface area contributed by atoms with Crippen LogP contribution < -0.4 is 11.2 Å². The number of aromatic nitrogens is 2. The van der Waals surface area contributed by atoms with Gasteiger partial charge in [0.25, 0.3) is 11.5 Å². The van der Waals surface area contributed by atoms with Crippen LogP contribution in [0.1, 0.15) is 27.0 Å². The quantitative estimate of drug-likeness (QED) is 0.834. The monoisotopic (exact) mass is 258 g/mol. The summed E-state index contributed by atoms with van der Waals surface area (Å²) in [6, 6.07) is 5.23. The summed E-state index contributed by atoms with van der Waals surface area (Å²) in [6.07, 6.45) is 1.30. The fourth-order valence-electron chi connectivity index (χ4n) is 1.98. The van der Waals surface area contributed by atoms with Gasteiger partial charge in [0.15, 0.2) is 0 Å². The number of carbonyl (C=O) groups excluding carboxylic acids is 1. The van der Waals surface area contributed by atoms with Gasteiger partial charge in [-0.3, -0.25) is 9.59 Å². The molecule has 0 amide bonds. The molecule has 0 saturated carbocycles. The molecule has 0 unspecified atom stereocenters. The van der Waals surface area contributed by atoms with E-state index >= 15 is 0 Å². The Morgan fingerprint density at radius 3 is 2.21 bits per heavy atom. The van der Waals surface area contributed by atoms with Gasteiger partial charge in [-0.2, -0.15) is 4.57 Å². The number of carbonyl (C=O) groups is 1. The van der Waals surface area contributed by atoms with E-state index in [-0.39, 0.29) is 0 Å². The first kappa shape index (κ1) is 13.0. The van der Waals surface area contributed by atoms with E-state index in [2.05, 4.69) is 4.98 Å². The molecular weight excluding hydrogens is 244 g/mol. The lowest BCUT2D eigenvalue weighted by Gasteiger charge is -2.06. The van der Waals surface area contributed by atoms with Crippen molar-refractivity contribution < 1.29 is 4.79 Å². The highest BCUT2D eigenvalue weighted by atomic mass is 16.2. The van der Waals surface area contributed by atoms with Crippen LogP contribution in [0, 0.1) is 20.8 Å². The Bertz CT molecular complexity index is 749. The van der Waals surface area contributed by atoms with Gasteiger partial charge in [0, 0.05) is 17.3 Å². The van der Waals surface area contributed by atoms with Crippen molar-refractivity contribution >= 4 is 5.91 Å². The summed E-state index contributed by atoms with van der Waals surface area (Å²) < 4.78 is 0.629. The fraction of sp³-hybridized carbons (Fsp3) is 0.214. The molecule has 1 N–H and O–H groups in total. The molecule has 0 saturated heterocycles. The normalized spacial score (nSPS) is 10.5. The van der Waals surface area contributed by atoms with E-state index in [1.54, 1.807) is 19.1 Å². The molecular formula is C14H14N2O3. The van der Waals surface area contributed by atoms with Crippen LogP contribution in [0.2, 0.25) is 0 Å². The Labute approximate surface area is 109 Å². The van der Waals surface area contributed by atoms with E-state index in [9.17, 15) is 14.4 Å². The molecule has 0 bridgehead atoms. The van der Waals surface area contributed by atoms with Crippen LogP contribution in [-0.4, -0.2) is 15.5 Å². The average molecular weight is 258 g/mol. The van der Waals surface area contributed by atoms with E-state index in [0.717, 1.165) is 11.1 Å². The number of aryl methyl sites for hydroxylation is 3. The van der Waals surface area contributed by atoms with Gasteiger partial charge in [-0.05, 0) is 32.9 Å². The largest absolute Gasteiger partial charge is 0.335 e. The van der Waals surface area contributed by atoms with Crippen molar-refractivity contribution in [2.24, 2.45) is 0 Å². The van der Waals surface area contributed by atoms with Gasteiger partial charge in [0.05, 0.1) is 0 Å². The van der Waals surface area contributed by atoms with E-state index in [1.165, 1.54) is 6.20 Å². The third-order valence-electron chi connectivity index (χ3n) is 2.83. The van der Waals surface area contributed by atoms with E-state index in [0.29, 0.717) is 15.7 Å². The van der Waals surface area contributed by atoms with Crippen LogP contribution in [0.4, 0.5) is 0 Å². The molecule has 2 aromatic rings. The van der Waals surface area contributed by atoms with Gasteiger partial charge >= 0.3 is 5.69 Å². The predicted octanol–water partition coefficient (Wildman–Crippen LogP) is 1.15. The molecule has 1 aromatic carbocycles. The Hall–Kier alpha value is -2.43. The van der Waals surface area contributed by atoms with Crippen LogP contribution in [0.3, 0.4) is 0 Å². The lowest BCUT2D eigenvalue weighted by atomic mass is 10.1. The maximum atomic E-state index is 12.3. The van der Waals surface area contributed by atoms with Gasteiger partial charge in [0.2, 0.25) is 0 Å². The number of hydrogen-bond donors (Lipinski definition) is 1. The topological polar surface area (TPSA) is 71.9 Å². The number of hydrogen-bond acceptors (Lipinski definition) is 3. The van der Waals surface area contributed by atoms with Crippen LogP contribution >= 0.6 is 0 Å². The minimum absolute atomic E-state index is 0.317. The summed E-state index contributed by atoms with van der Waals surface area (Å²) in [7, 11) is 0. The summed E-state index contributed by atoms with van der Waals surface area (Å²) in [5.74, 6) is -0.609. The van der Waals surface area contributed by atoms with Crippen molar-refractivity contribution in [2.75, 3.05) is 0 Å². The molecule has 0 aliphatic carbocycles. The molecule has 1 heterocycles. The van der Waals surface area contributed by atoms with Gasteiger partial charge < -0.3 is 4.98 Å². The zero-order valence-corrected chi connectivity index (χ0v) is 11.0. The number of benzene rings is 1. The van der Waals surface area contributed by atoms with Crippen LogP contribution in [0.5, 0.6) is 0 Å². The third kappa shape index (κ3) is 2.40. The predicted molar refractivity (Wildman–Crippen MR) is 71.7 cm³/mol. The van der Waals surface area contributed by atoms with E-state index in [1.807, 2.05) is 19.9 Å². The van der Waals surface area contributed by atoms with E-state index < -0.39 is 17.2 Å². The molecule has 0 atom stereocenters. The SMILES string of the molecule is Cc1cc(C)cc(C(=O)n2c(=O)[nH]cc(C)c2=O)c1. The van der Waals surface area contributed by atoms with Gasteiger partial charge in [0.1, 0.15) is 0 Å². The second kappa shape index (κ2) is 4.68. The molecule has 2 rings (SSSR count). The molecule has 0 fully saturated rings. The van der Waals surface area contributed by atoms with Crippen LogP contribution in [0.15, 0.2) is 34.0 Å². The Morgan fingerprint density at radius 1 is 1.05 bits per heavy atom. The zero-order valence-electron chi connectivity index (χ0n) is 11.0. The average Bonchev–Trinajstić information content (AvgIpc) is 2.33. The first-order valence-corrected chi connectivity index (χ1v) is 5.84. The second-order valence-corrected chi connectivity index (χ2v) is 4.60. The van der Waals surface area contributed by atoms with Crippen molar-refractivity contribution in [1.29, 1.82) is 0 Å². The molecule has 0 radical (unpaired) electrons. The van der Waals surface area contributed by atoms with Gasteiger partial charge in [-0.25, -0.2) is 4.79 Å². The summed E-state index contributed by atoms with van der Waals surface area (Å²) in [5.41, 5.74) is 1.14. The first-order valence-electron chi connectivity index (χ1n) is 5.84. The highest BCUT2D eigenvalue weighted by molar-refractivity contribution is 5.96. The summed E-state index contributed by atoms with van der Waals surface area (Å²) in [4.78, 5) is 38.2. The number of nitrogens with zero attached hydrogens (tertiary/aromatic N) is 1. The Balaban J connectivity index is 2.66. The van der Waals surface area contributed by atoms with Crippen molar-refractivity contribution in [1.82, 2.24) is 9.55 Å². The van der Waals surface area contributed by atoms with Crippen molar-refractivity contribution in [3.05, 3.63) is 67.5 Å². The lowest BCUT2D eigenvalue weighted by Crippen LogP contribution is -2.40. The lowest BCUT2D eigenvalue weighted by molar-refractivity contribution is 0.0950.